The van der Waals surface area contributed by atoms with Crippen LogP contribution in [0, 0.1) is 0 Å². The normalized spacial score (nSPS) is 14.0. The molecule has 166 valence electrons. The van der Waals surface area contributed by atoms with Crippen LogP contribution in [-0.2, 0) is 24.9 Å². The van der Waals surface area contributed by atoms with Gasteiger partial charge in [-0.3, -0.25) is 4.79 Å². The van der Waals surface area contributed by atoms with Crippen LogP contribution in [0.5, 0.6) is 0 Å². The SMILES string of the molecule is CCn1c(=O)c2cnc(Nc3ccc4c(c3)CNCC4)nc2n1-c1csc(C(C)(C)C)n1. The summed E-state index contributed by atoms with van der Waals surface area (Å²) in [4.78, 5) is 27.0. The Bertz CT molecular complexity index is 1360. The van der Waals surface area contributed by atoms with Crippen molar-refractivity contribution in [3.05, 3.63) is 56.3 Å². The summed E-state index contributed by atoms with van der Waals surface area (Å²) in [5.41, 5.74) is 3.97. The van der Waals surface area contributed by atoms with E-state index in [0.29, 0.717) is 29.3 Å². The smallest absolute Gasteiger partial charge is 0.278 e. The predicted octanol–water partition coefficient (Wildman–Crippen LogP) is 3.75. The van der Waals surface area contributed by atoms with Crippen molar-refractivity contribution in [1.29, 1.82) is 0 Å². The minimum atomic E-state index is -0.112. The van der Waals surface area contributed by atoms with Crippen LogP contribution in [0.2, 0.25) is 0 Å². The average Bonchev–Trinajstić information content (AvgIpc) is 3.36. The van der Waals surface area contributed by atoms with E-state index in [9.17, 15) is 4.79 Å². The summed E-state index contributed by atoms with van der Waals surface area (Å²) in [7, 11) is 0. The van der Waals surface area contributed by atoms with Gasteiger partial charge in [0.2, 0.25) is 5.95 Å². The van der Waals surface area contributed by atoms with Crippen molar-refractivity contribution in [2.24, 2.45) is 0 Å². The van der Waals surface area contributed by atoms with Crippen molar-refractivity contribution in [2.75, 3.05) is 11.9 Å². The van der Waals surface area contributed by atoms with Gasteiger partial charge in [-0.15, -0.1) is 11.3 Å². The highest BCUT2D eigenvalue weighted by atomic mass is 32.1. The molecule has 0 fully saturated rings. The lowest BCUT2D eigenvalue weighted by atomic mass is 9.98. The molecule has 4 heterocycles. The summed E-state index contributed by atoms with van der Waals surface area (Å²) in [6, 6.07) is 6.34. The molecule has 0 amide bonds. The Morgan fingerprint density at radius 2 is 2.06 bits per heavy atom. The quantitative estimate of drug-likeness (QED) is 0.493. The van der Waals surface area contributed by atoms with Gasteiger partial charge in [0.15, 0.2) is 11.5 Å². The second-order valence-corrected chi connectivity index (χ2v) is 9.92. The Balaban J connectivity index is 1.58. The third-order valence-electron chi connectivity index (χ3n) is 5.67. The minimum Gasteiger partial charge on any atom is -0.324 e. The summed E-state index contributed by atoms with van der Waals surface area (Å²) in [5, 5.41) is 10.2. The molecule has 0 unspecified atom stereocenters. The Morgan fingerprint density at radius 3 is 2.81 bits per heavy atom. The van der Waals surface area contributed by atoms with Crippen LogP contribution in [0.15, 0.2) is 34.6 Å². The number of hydrogen-bond donors (Lipinski definition) is 2. The lowest BCUT2D eigenvalue weighted by Crippen LogP contribution is -2.23. The Hall–Kier alpha value is -3.04. The maximum Gasteiger partial charge on any atom is 0.278 e. The number of benzene rings is 1. The van der Waals surface area contributed by atoms with Gasteiger partial charge in [0.05, 0.1) is 0 Å². The highest BCUT2D eigenvalue weighted by molar-refractivity contribution is 7.10. The van der Waals surface area contributed by atoms with Crippen molar-refractivity contribution in [3.8, 4) is 5.82 Å². The summed E-state index contributed by atoms with van der Waals surface area (Å²) in [5.74, 6) is 1.16. The van der Waals surface area contributed by atoms with Crippen molar-refractivity contribution >= 4 is 34.0 Å². The first kappa shape index (κ1) is 20.8. The molecular formula is C23H27N7OS. The third kappa shape index (κ3) is 3.61. The minimum absolute atomic E-state index is 0.0633. The van der Waals surface area contributed by atoms with Gasteiger partial charge < -0.3 is 10.6 Å². The van der Waals surface area contributed by atoms with E-state index in [1.807, 2.05) is 17.0 Å². The van der Waals surface area contributed by atoms with Crippen molar-refractivity contribution < 1.29 is 0 Å². The lowest BCUT2D eigenvalue weighted by Gasteiger charge is -2.18. The van der Waals surface area contributed by atoms with E-state index < -0.39 is 0 Å². The molecule has 0 radical (unpaired) electrons. The van der Waals surface area contributed by atoms with Crippen LogP contribution in [0.4, 0.5) is 11.6 Å². The topological polar surface area (TPSA) is 89.7 Å². The number of rotatable bonds is 4. The molecule has 0 saturated heterocycles. The van der Waals surface area contributed by atoms with Crippen LogP contribution >= 0.6 is 11.3 Å². The van der Waals surface area contributed by atoms with Crippen molar-refractivity contribution in [3.63, 3.8) is 0 Å². The predicted molar refractivity (Wildman–Crippen MR) is 128 cm³/mol. The monoisotopic (exact) mass is 449 g/mol. The fourth-order valence-corrected chi connectivity index (χ4v) is 4.87. The van der Waals surface area contributed by atoms with Gasteiger partial charge in [-0.25, -0.2) is 19.3 Å². The number of hydrogen-bond acceptors (Lipinski definition) is 7. The van der Waals surface area contributed by atoms with Crippen LogP contribution in [-0.4, -0.2) is 30.9 Å². The molecule has 1 aliphatic heterocycles. The van der Waals surface area contributed by atoms with E-state index in [1.165, 1.54) is 11.1 Å². The van der Waals surface area contributed by atoms with Crippen molar-refractivity contribution in [1.82, 2.24) is 29.6 Å². The maximum atomic E-state index is 13.0. The zero-order valence-corrected chi connectivity index (χ0v) is 19.6. The molecule has 1 aliphatic rings. The van der Waals surface area contributed by atoms with Gasteiger partial charge in [0.25, 0.3) is 5.56 Å². The summed E-state index contributed by atoms with van der Waals surface area (Å²) in [6.07, 6.45) is 2.64. The molecule has 0 aliphatic carbocycles. The fourth-order valence-electron chi connectivity index (χ4n) is 4.00. The number of anilines is 2. The van der Waals surface area contributed by atoms with Crippen LogP contribution in [0.25, 0.3) is 16.9 Å². The lowest BCUT2D eigenvalue weighted by molar-refractivity contribution is 0.556. The molecule has 9 heteroatoms. The summed E-state index contributed by atoms with van der Waals surface area (Å²) in [6.45, 7) is 10.7. The molecule has 3 aromatic heterocycles. The van der Waals surface area contributed by atoms with Gasteiger partial charge in [-0.1, -0.05) is 26.8 Å². The first-order chi connectivity index (χ1) is 15.3. The van der Waals surface area contributed by atoms with Crippen LogP contribution in [0.3, 0.4) is 0 Å². The number of nitrogens with zero attached hydrogens (tertiary/aromatic N) is 5. The Kier molecular flexibility index (Phi) is 5.10. The van der Waals surface area contributed by atoms with Gasteiger partial charge in [-0.2, -0.15) is 4.98 Å². The standard InChI is InChI=1S/C23H27N7OS/c1-5-29-20(31)17-12-25-22(26-16-7-6-14-8-9-24-11-15(14)10-16)28-19(17)30(29)18-13-32-21(27-18)23(2,3)4/h6-7,10,12-13,24H,5,8-9,11H2,1-4H3,(H,25,26,28). The molecule has 32 heavy (non-hydrogen) atoms. The van der Waals surface area contributed by atoms with E-state index in [2.05, 4.69) is 54.6 Å². The third-order valence-corrected chi connectivity index (χ3v) is 6.93. The Morgan fingerprint density at radius 1 is 1.22 bits per heavy atom. The molecule has 2 N–H and O–H groups in total. The van der Waals surface area contributed by atoms with E-state index >= 15 is 0 Å². The van der Waals surface area contributed by atoms with E-state index in [1.54, 1.807) is 22.2 Å². The second kappa shape index (κ2) is 7.83. The van der Waals surface area contributed by atoms with Gasteiger partial charge in [0, 0.05) is 35.8 Å². The number of aromatic nitrogens is 5. The number of thiazole rings is 1. The van der Waals surface area contributed by atoms with Crippen molar-refractivity contribution in [2.45, 2.75) is 52.6 Å². The highest BCUT2D eigenvalue weighted by Crippen LogP contribution is 2.28. The molecule has 0 spiro atoms. The Labute approximate surface area is 190 Å². The van der Waals surface area contributed by atoms with E-state index in [-0.39, 0.29) is 11.0 Å². The fraction of sp³-hybridized carbons (Fsp3) is 0.391. The molecule has 0 atom stereocenters. The number of nitrogens with one attached hydrogen (secondary N) is 2. The zero-order valence-electron chi connectivity index (χ0n) is 18.8. The number of fused-ring (bicyclic) bond motifs is 2. The first-order valence-electron chi connectivity index (χ1n) is 10.9. The first-order valence-corrected chi connectivity index (χ1v) is 11.8. The molecule has 5 rings (SSSR count). The summed E-state index contributed by atoms with van der Waals surface area (Å²) < 4.78 is 3.47. The van der Waals surface area contributed by atoms with Crippen LogP contribution < -0.4 is 16.2 Å². The molecular weight excluding hydrogens is 422 g/mol. The molecule has 0 bridgehead atoms. The van der Waals surface area contributed by atoms with E-state index in [4.69, 9.17) is 9.97 Å². The van der Waals surface area contributed by atoms with Gasteiger partial charge in [-0.05, 0) is 43.1 Å². The summed E-state index contributed by atoms with van der Waals surface area (Å²) >= 11 is 1.60. The van der Waals surface area contributed by atoms with E-state index in [0.717, 1.165) is 30.2 Å². The molecule has 4 aromatic rings. The zero-order chi connectivity index (χ0) is 22.5. The average molecular weight is 450 g/mol. The highest BCUT2D eigenvalue weighted by Gasteiger charge is 2.22. The molecule has 0 saturated carbocycles. The largest absolute Gasteiger partial charge is 0.324 e. The van der Waals surface area contributed by atoms with Crippen LogP contribution in [0.1, 0.15) is 43.8 Å². The maximum absolute atomic E-state index is 13.0. The van der Waals surface area contributed by atoms with Gasteiger partial charge >= 0.3 is 0 Å². The second-order valence-electron chi connectivity index (χ2n) is 9.06. The molecule has 8 nitrogen and oxygen atoms in total. The molecule has 1 aromatic carbocycles. The van der Waals surface area contributed by atoms with Gasteiger partial charge in [0.1, 0.15) is 10.4 Å².